The Balaban J connectivity index is 2.06. The summed E-state index contributed by atoms with van der Waals surface area (Å²) in [6, 6.07) is 20.3. The van der Waals surface area contributed by atoms with E-state index >= 15 is 0 Å². The molecule has 0 saturated carbocycles. The van der Waals surface area contributed by atoms with E-state index in [1.165, 1.54) is 0 Å². The lowest BCUT2D eigenvalue weighted by Gasteiger charge is -2.46. The van der Waals surface area contributed by atoms with Crippen LogP contribution in [0.4, 0.5) is 0 Å². The maximum Gasteiger partial charge on any atom is 0.258 e. The Labute approximate surface area is 164 Å². The van der Waals surface area contributed by atoms with E-state index in [-0.39, 0.29) is 22.2 Å². The maximum atomic E-state index is 12.3. The van der Waals surface area contributed by atoms with Gasteiger partial charge in [0.1, 0.15) is 0 Å². The first kappa shape index (κ1) is 19.8. The van der Waals surface area contributed by atoms with Crippen LogP contribution >= 0.6 is 0 Å². The van der Waals surface area contributed by atoms with Gasteiger partial charge in [-0.3, -0.25) is 4.79 Å². The normalized spacial score (nSPS) is 19.9. The average molecular weight is 379 g/mol. The van der Waals surface area contributed by atoms with Gasteiger partial charge >= 0.3 is 0 Å². The predicted molar refractivity (Wildman–Crippen MR) is 115 cm³/mol. The minimum absolute atomic E-state index is 0.0915. The molecule has 2 aromatic carbocycles. The molecule has 1 N–H and O–H groups in total. The van der Waals surface area contributed by atoms with E-state index in [1.807, 2.05) is 36.4 Å². The molecule has 0 fully saturated rings. The van der Waals surface area contributed by atoms with Crippen molar-refractivity contribution in [2.24, 2.45) is 11.3 Å². The molecule has 27 heavy (non-hydrogen) atoms. The first-order valence-corrected chi connectivity index (χ1v) is 11.7. The molecule has 3 rings (SSSR count). The van der Waals surface area contributed by atoms with Crippen molar-refractivity contribution in [3.8, 4) is 0 Å². The van der Waals surface area contributed by atoms with Crippen LogP contribution in [0.15, 0.2) is 72.8 Å². The van der Waals surface area contributed by atoms with Crippen molar-refractivity contribution in [2.75, 3.05) is 0 Å². The zero-order valence-electron chi connectivity index (χ0n) is 16.8. The van der Waals surface area contributed by atoms with Gasteiger partial charge in [-0.15, -0.1) is 0 Å². The largest absolute Gasteiger partial charge is 0.424 e. The van der Waals surface area contributed by atoms with Crippen LogP contribution in [-0.2, 0) is 4.79 Å². The van der Waals surface area contributed by atoms with Crippen molar-refractivity contribution >= 4 is 24.5 Å². The van der Waals surface area contributed by atoms with E-state index in [0.717, 1.165) is 16.8 Å². The zero-order chi connectivity index (χ0) is 19.7. The first-order chi connectivity index (χ1) is 12.7. The Morgan fingerprint density at radius 3 is 1.93 bits per heavy atom. The SMILES string of the molecule is CC1(C)CC(=O)C=C[C@H]1CC(C)(C)[Si](O)(c1ccccc1)c1ccccc1. The van der Waals surface area contributed by atoms with Crippen LogP contribution in [0.2, 0.25) is 5.04 Å². The molecule has 0 spiro atoms. The highest BCUT2D eigenvalue weighted by atomic mass is 28.4. The van der Waals surface area contributed by atoms with Crippen LogP contribution in [-0.4, -0.2) is 18.9 Å². The zero-order valence-corrected chi connectivity index (χ0v) is 17.8. The summed E-state index contributed by atoms with van der Waals surface area (Å²) in [5, 5.41) is 1.77. The third kappa shape index (κ3) is 3.71. The maximum absolute atomic E-state index is 12.3. The number of ketones is 1. The molecule has 0 amide bonds. The molecule has 1 aliphatic rings. The third-order valence-electron chi connectivity index (χ3n) is 6.24. The van der Waals surface area contributed by atoms with Gasteiger partial charge in [-0.1, -0.05) is 94.4 Å². The third-order valence-corrected chi connectivity index (χ3v) is 10.7. The molecule has 0 bridgehead atoms. The van der Waals surface area contributed by atoms with Gasteiger partial charge in [0.05, 0.1) is 0 Å². The molecular weight excluding hydrogens is 348 g/mol. The van der Waals surface area contributed by atoms with Crippen molar-refractivity contribution in [1.82, 2.24) is 0 Å². The fourth-order valence-electron chi connectivity index (χ4n) is 4.47. The number of carbonyl (C=O) groups excluding carboxylic acids is 1. The van der Waals surface area contributed by atoms with Gasteiger partial charge in [0.15, 0.2) is 5.78 Å². The van der Waals surface area contributed by atoms with Gasteiger partial charge < -0.3 is 4.80 Å². The lowest BCUT2D eigenvalue weighted by Crippen LogP contribution is -2.65. The summed E-state index contributed by atoms with van der Waals surface area (Å²) in [4.78, 5) is 24.2. The summed E-state index contributed by atoms with van der Waals surface area (Å²) in [5.41, 5.74) is -0.0915. The summed E-state index contributed by atoms with van der Waals surface area (Å²) < 4.78 is 0. The molecule has 142 valence electrons. The van der Waals surface area contributed by atoms with Crippen molar-refractivity contribution in [3.05, 3.63) is 72.8 Å². The van der Waals surface area contributed by atoms with Crippen LogP contribution in [0, 0.1) is 11.3 Å². The Morgan fingerprint density at radius 2 is 1.48 bits per heavy atom. The summed E-state index contributed by atoms with van der Waals surface area (Å²) in [6.45, 7) is 8.72. The summed E-state index contributed by atoms with van der Waals surface area (Å²) in [6.07, 6.45) is 5.22. The smallest absolute Gasteiger partial charge is 0.258 e. The second kappa shape index (κ2) is 7.21. The average Bonchev–Trinajstić information content (AvgIpc) is 2.64. The van der Waals surface area contributed by atoms with Gasteiger partial charge in [0.2, 0.25) is 0 Å². The fourth-order valence-corrected chi connectivity index (χ4v) is 8.23. The van der Waals surface area contributed by atoms with Crippen LogP contribution in [0.5, 0.6) is 0 Å². The number of allylic oxidation sites excluding steroid dienone is 2. The molecule has 0 saturated heterocycles. The van der Waals surface area contributed by atoms with Gasteiger partial charge in [0, 0.05) is 6.42 Å². The number of hydrogen-bond donors (Lipinski definition) is 1. The molecule has 0 unspecified atom stereocenters. The molecule has 0 radical (unpaired) electrons. The van der Waals surface area contributed by atoms with Crippen molar-refractivity contribution in [1.29, 1.82) is 0 Å². The second-order valence-electron chi connectivity index (χ2n) is 9.13. The quantitative estimate of drug-likeness (QED) is 0.796. The molecule has 0 aromatic heterocycles. The van der Waals surface area contributed by atoms with E-state index in [4.69, 9.17) is 0 Å². The Bertz CT molecular complexity index is 782. The van der Waals surface area contributed by atoms with Crippen LogP contribution in [0.25, 0.3) is 0 Å². The van der Waals surface area contributed by atoms with E-state index in [9.17, 15) is 9.59 Å². The molecule has 3 heteroatoms. The van der Waals surface area contributed by atoms with E-state index in [2.05, 4.69) is 58.0 Å². The molecule has 2 nitrogen and oxygen atoms in total. The number of benzene rings is 2. The Kier molecular flexibility index (Phi) is 5.28. The topological polar surface area (TPSA) is 37.3 Å². The number of rotatable bonds is 5. The van der Waals surface area contributed by atoms with Crippen LogP contribution in [0.1, 0.15) is 40.5 Å². The monoisotopic (exact) mass is 378 g/mol. The van der Waals surface area contributed by atoms with E-state index in [1.54, 1.807) is 6.08 Å². The van der Waals surface area contributed by atoms with Gasteiger partial charge in [0.25, 0.3) is 8.32 Å². The highest BCUT2D eigenvalue weighted by molar-refractivity contribution is 6.98. The highest BCUT2D eigenvalue weighted by Crippen LogP contribution is 2.48. The van der Waals surface area contributed by atoms with Gasteiger partial charge in [-0.25, -0.2) is 0 Å². The van der Waals surface area contributed by atoms with Crippen LogP contribution in [0.3, 0.4) is 0 Å². The highest BCUT2D eigenvalue weighted by Gasteiger charge is 2.52. The molecule has 1 aliphatic carbocycles. The van der Waals surface area contributed by atoms with E-state index < -0.39 is 8.32 Å². The second-order valence-corrected chi connectivity index (χ2v) is 13.1. The lowest BCUT2D eigenvalue weighted by molar-refractivity contribution is -0.117. The molecular formula is C24H30O2Si. The van der Waals surface area contributed by atoms with Gasteiger partial charge in [-0.05, 0) is 39.2 Å². The minimum atomic E-state index is -3.01. The van der Waals surface area contributed by atoms with Gasteiger partial charge in [-0.2, -0.15) is 0 Å². The number of hydrogen-bond acceptors (Lipinski definition) is 2. The number of carbonyl (C=O) groups is 1. The first-order valence-electron chi connectivity index (χ1n) is 9.71. The minimum Gasteiger partial charge on any atom is -0.424 e. The standard InChI is InChI=1S/C24H30O2Si/c1-23(2)18-20(25)16-15-19(23)17-24(3,4)27(26,21-11-7-5-8-12-21)22-13-9-6-10-14-22/h5-16,19,26H,17-18H2,1-4H3/t19-/m0/s1. The fraction of sp³-hybridized carbons (Fsp3) is 0.375. The molecule has 0 heterocycles. The molecule has 0 aliphatic heterocycles. The lowest BCUT2D eigenvalue weighted by atomic mass is 9.69. The van der Waals surface area contributed by atoms with Crippen LogP contribution < -0.4 is 10.4 Å². The molecule has 2 aromatic rings. The molecule has 1 atom stereocenters. The van der Waals surface area contributed by atoms with E-state index in [0.29, 0.717) is 6.42 Å². The summed E-state index contributed by atoms with van der Waals surface area (Å²) in [5.74, 6) is 0.462. The van der Waals surface area contributed by atoms with Crippen molar-refractivity contribution < 1.29 is 9.59 Å². The Morgan fingerprint density at radius 1 is 1.00 bits per heavy atom. The predicted octanol–water partition coefficient (Wildman–Crippen LogP) is 4.08. The summed E-state index contributed by atoms with van der Waals surface area (Å²) >= 11 is 0. The summed E-state index contributed by atoms with van der Waals surface area (Å²) in [7, 11) is -3.01. The van der Waals surface area contributed by atoms with Crippen molar-refractivity contribution in [2.45, 2.75) is 45.6 Å². The van der Waals surface area contributed by atoms with Crippen molar-refractivity contribution in [3.63, 3.8) is 0 Å². The Hall–Kier alpha value is -1.97.